The average molecular weight is 282 g/mol. The Morgan fingerprint density at radius 2 is 2.11 bits per heavy atom. The summed E-state index contributed by atoms with van der Waals surface area (Å²) in [5.41, 5.74) is 3.56. The molecule has 2 aromatic rings. The minimum Gasteiger partial charge on any atom is -0.465 e. The molecule has 0 radical (unpaired) electrons. The normalized spacial score (nSPS) is 10.4. The number of benzene rings is 1. The van der Waals surface area contributed by atoms with Crippen LogP contribution in [0.25, 0.3) is 10.4 Å². The molecule has 18 heavy (non-hydrogen) atoms. The number of aryl methyl sites for hydroxylation is 2. The van der Waals surface area contributed by atoms with E-state index in [1.165, 1.54) is 24.2 Å². The summed E-state index contributed by atoms with van der Waals surface area (Å²) in [4.78, 5) is 12.5. The van der Waals surface area contributed by atoms with Gasteiger partial charge in [0.2, 0.25) is 0 Å². The Morgan fingerprint density at radius 1 is 1.39 bits per heavy atom. The standard InChI is InChI=1S/C13H12ClNO2S/c1-7-4-5-9(8(2)6-7)11-10(13(16)17-3)12(14)15-18-11/h4-6H,1-3H3. The number of carbonyl (C=O) groups is 1. The number of nitrogens with zero attached hydrogens (tertiary/aromatic N) is 1. The van der Waals surface area contributed by atoms with Crippen LogP contribution in [0.2, 0.25) is 5.15 Å². The Bertz CT molecular complexity index is 607. The maximum Gasteiger partial charge on any atom is 0.342 e. The maximum absolute atomic E-state index is 11.7. The zero-order chi connectivity index (χ0) is 13.3. The zero-order valence-corrected chi connectivity index (χ0v) is 11.9. The van der Waals surface area contributed by atoms with Crippen molar-refractivity contribution in [1.82, 2.24) is 4.37 Å². The molecule has 0 aliphatic heterocycles. The highest BCUT2D eigenvalue weighted by Gasteiger charge is 2.22. The fourth-order valence-electron chi connectivity index (χ4n) is 1.80. The average Bonchev–Trinajstić information content (AvgIpc) is 2.70. The van der Waals surface area contributed by atoms with Crippen molar-refractivity contribution < 1.29 is 9.53 Å². The minimum atomic E-state index is -0.455. The van der Waals surface area contributed by atoms with E-state index in [9.17, 15) is 4.79 Å². The quantitative estimate of drug-likeness (QED) is 0.785. The molecule has 0 aliphatic carbocycles. The molecule has 1 aromatic heterocycles. The monoisotopic (exact) mass is 281 g/mol. The van der Waals surface area contributed by atoms with Gasteiger partial charge in [0, 0.05) is 0 Å². The summed E-state index contributed by atoms with van der Waals surface area (Å²) in [5.74, 6) is -0.455. The van der Waals surface area contributed by atoms with Crippen LogP contribution in [0.3, 0.4) is 0 Å². The molecule has 0 saturated carbocycles. The number of hydrogen-bond acceptors (Lipinski definition) is 4. The van der Waals surface area contributed by atoms with Crippen LogP contribution in [-0.2, 0) is 4.74 Å². The SMILES string of the molecule is COC(=O)c1c(Cl)nsc1-c1ccc(C)cc1C. The van der Waals surface area contributed by atoms with Crippen molar-refractivity contribution in [2.24, 2.45) is 0 Å². The highest BCUT2D eigenvalue weighted by atomic mass is 35.5. The van der Waals surface area contributed by atoms with Crippen LogP contribution in [0.15, 0.2) is 18.2 Å². The van der Waals surface area contributed by atoms with E-state index in [-0.39, 0.29) is 5.15 Å². The fourth-order valence-corrected chi connectivity index (χ4v) is 2.99. The van der Waals surface area contributed by atoms with Gasteiger partial charge in [0.15, 0.2) is 5.15 Å². The minimum absolute atomic E-state index is 0.196. The van der Waals surface area contributed by atoms with Gasteiger partial charge in [-0.15, -0.1) is 0 Å². The number of rotatable bonds is 2. The van der Waals surface area contributed by atoms with Crippen molar-refractivity contribution in [3.63, 3.8) is 0 Å². The van der Waals surface area contributed by atoms with Crippen LogP contribution in [0.4, 0.5) is 0 Å². The highest BCUT2D eigenvalue weighted by Crippen LogP contribution is 2.35. The molecule has 1 aromatic carbocycles. The molecule has 0 saturated heterocycles. The summed E-state index contributed by atoms with van der Waals surface area (Å²) in [6.07, 6.45) is 0. The first-order valence-corrected chi connectivity index (χ1v) is 6.51. The molecule has 5 heteroatoms. The lowest BCUT2D eigenvalue weighted by Gasteiger charge is -2.06. The Morgan fingerprint density at radius 3 is 2.72 bits per heavy atom. The summed E-state index contributed by atoms with van der Waals surface area (Å²) in [6, 6.07) is 6.03. The van der Waals surface area contributed by atoms with Gasteiger partial charge in [0.25, 0.3) is 0 Å². The molecule has 0 spiro atoms. The topological polar surface area (TPSA) is 39.2 Å². The number of carbonyl (C=O) groups excluding carboxylic acids is 1. The number of methoxy groups -OCH3 is 1. The van der Waals surface area contributed by atoms with Gasteiger partial charge in [-0.3, -0.25) is 0 Å². The van der Waals surface area contributed by atoms with Gasteiger partial charge in [0.05, 0.1) is 12.0 Å². The van der Waals surface area contributed by atoms with Crippen LogP contribution >= 0.6 is 23.1 Å². The van der Waals surface area contributed by atoms with Crippen molar-refractivity contribution >= 4 is 29.1 Å². The molecular weight excluding hydrogens is 270 g/mol. The molecule has 94 valence electrons. The van der Waals surface area contributed by atoms with Crippen molar-refractivity contribution in [2.45, 2.75) is 13.8 Å². The van der Waals surface area contributed by atoms with Crippen molar-refractivity contribution in [3.05, 3.63) is 40.0 Å². The van der Waals surface area contributed by atoms with Crippen molar-refractivity contribution in [2.75, 3.05) is 7.11 Å². The van der Waals surface area contributed by atoms with Crippen LogP contribution in [0, 0.1) is 13.8 Å². The number of aromatic nitrogens is 1. The second kappa shape index (κ2) is 5.08. The van der Waals surface area contributed by atoms with Crippen LogP contribution in [-0.4, -0.2) is 17.5 Å². The molecule has 0 amide bonds. The molecule has 0 N–H and O–H groups in total. The van der Waals surface area contributed by atoms with Crippen molar-refractivity contribution in [1.29, 1.82) is 0 Å². The maximum atomic E-state index is 11.7. The Kier molecular flexibility index (Phi) is 3.68. The van der Waals surface area contributed by atoms with Crippen LogP contribution in [0.5, 0.6) is 0 Å². The second-order valence-corrected chi connectivity index (χ2v) is 5.12. The molecule has 0 atom stereocenters. The third-order valence-electron chi connectivity index (χ3n) is 2.67. The predicted octanol–water partition coefficient (Wildman–Crippen LogP) is 3.87. The summed E-state index contributed by atoms with van der Waals surface area (Å²) < 4.78 is 8.78. The first kappa shape index (κ1) is 13.1. The molecule has 0 fully saturated rings. The summed E-state index contributed by atoms with van der Waals surface area (Å²) in [6.45, 7) is 4.02. The smallest absolute Gasteiger partial charge is 0.342 e. The molecule has 0 bridgehead atoms. The first-order valence-electron chi connectivity index (χ1n) is 5.35. The Balaban J connectivity index is 2.61. The molecule has 1 heterocycles. The fraction of sp³-hybridized carbons (Fsp3) is 0.231. The predicted molar refractivity (Wildman–Crippen MR) is 73.4 cm³/mol. The van der Waals surface area contributed by atoms with Gasteiger partial charge in [-0.25, -0.2) is 4.79 Å². The lowest BCUT2D eigenvalue weighted by molar-refractivity contribution is 0.0602. The lowest BCUT2D eigenvalue weighted by Crippen LogP contribution is -2.02. The van der Waals surface area contributed by atoms with E-state index < -0.39 is 5.97 Å². The summed E-state index contributed by atoms with van der Waals surface area (Å²) >= 11 is 7.16. The Labute approximate surface area is 115 Å². The molecule has 0 aliphatic rings. The Hall–Kier alpha value is -1.39. The van der Waals surface area contributed by atoms with E-state index in [2.05, 4.69) is 10.4 Å². The van der Waals surface area contributed by atoms with E-state index in [1.807, 2.05) is 26.0 Å². The first-order chi connectivity index (χ1) is 8.54. The zero-order valence-electron chi connectivity index (χ0n) is 10.3. The number of hydrogen-bond donors (Lipinski definition) is 0. The van der Waals surface area contributed by atoms with E-state index in [4.69, 9.17) is 16.3 Å². The lowest BCUT2D eigenvalue weighted by atomic mass is 10.0. The van der Waals surface area contributed by atoms with E-state index in [0.29, 0.717) is 5.56 Å². The van der Waals surface area contributed by atoms with E-state index in [1.54, 1.807) is 0 Å². The van der Waals surface area contributed by atoms with Crippen molar-refractivity contribution in [3.8, 4) is 10.4 Å². The van der Waals surface area contributed by atoms with Gasteiger partial charge < -0.3 is 4.74 Å². The number of halogens is 1. The highest BCUT2D eigenvalue weighted by molar-refractivity contribution is 7.10. The van der Waals surface area contributed by atoms with E-state index >= 15 is 0 Å². The molecule has 3 nitrogen and oxygen atoms in total. The second-order valence-electron chi connectivity index (χ2n) is 3.99. The summed E-state index contributed by atoms with van der Waals surface area (Å²) in [5, 5.41) is 0.196. The number of ether oxygens (including phenoxy) is 1. The largest absolute Gasteiger partial charge is 0.465 e. The van der Waals surface area contributed by atoms with Gasteiger partial charge >= 0.3 is 5.97 Å². The van der Waals surface area contributed by atoms with Crippen LogP contribution in [0.1, 0.15) is 21.5 Å². The van der Waals surface area contributed by atoms with Gasteiger partial charge in [-0.1, -0.05) is 35.4 Å². The molecular formula is C13H12ClNO2S. The summed E-state index contributed by atoms with van der Waals surface area (Å²) in [7, 11) is 1.34. The van der Waals surface area contributed by atoms with Crippen LogP contribution < -0.4 is 0 Å². The van der Waals surface area contributed by atoms with Gasteiger partial charge in [0.1, 0.15) is 5.56 Å². The number of esters is 1. The third kappa shape index (κ3) is 2.26. The van der Waals surface area contributed by atoms with Gasteiger partial charge in [-0.05, 0) is 36.5 Å². The third-order valence-corrected chi connectivity index (χ3v) is 3.92. The molecule has 2 rings (SSSR count). The molecule has 0 unspecified atom stereocenters. The van der Waals surface area contributed by atoms with Gasteiger partial charge in [-0.2, -0.15) is 4.37 Å². The van der Waals surface area contributed by atoms with E-state index in [0.717, 1.165) is 16.0 Å².